The van der Waals surface area contributed by atoms with Crippen molar-refractivity contribution in [1.82, 2.24) is 14.7 Å². The van der Waals surface area contributed by atoms with E-state index in [1.807, 2.05) is 17.0 Å². The largest absolute Gasteiger partial charge is 0.455 e. The van der Waals surface area contributed by atoms with Crippen LogP contribution in [-0.4, -0.2) is 60.9 Å². The van der Waals surface area contributed by atoms with Crippen molar-refractivity contribution in [1.29, 1.82) is 0 Å². The molecule has 1 saturated heterocycles. The van der Waals surface area contributed by atoms with Gasteiger partial charge in [0.2, 0.25) is 0 Å². The first kappa shape index (κ1) is 18.3. The Morgan fingerprint density at radius 1 is 1.15 bits per heavy atom. The molecule has 0 N–H and O–H groups in total. The molecule has 2 aliphatic heterocycles. The number of nitrogens with zero attached hydrogens (tertiary/aromatic N) is 3. The number of hydrogen-bond acceptors (Lipinski definition) is 4. The summed E-state index contributed by atoms with van der Waals surface area (Å²) in [6.45, 7) is 5.42. The van der Waals surface area contributed by atoms with E-state index in [0.717, 1.165) is 57.9 Å². The van der Waals surface area contributed by atoms with Gasteiger partial charge in [-0.15, -0.1) is 0 Å². The molecule has 0 radical (unpaired) electrons. The maximum absolute atomic E-state index is 12.8. The van der Waals surface area contributed by atoms with Crippen LogP contribution in [0.25, 0.3) is 0 Å². The fraction of sp³-hybridized carbons (Fsp3) is 0.500. The summed E-state index contributed by atoms with van der Waals surface area (Å²) in [7, 11) is 4.17. The van der Waals surface area contributed by atoms with Crippen molar-refractivity contribution in [3.63, 3.8) is 0 Å². The fourth-order valence-electron chi connectivity index (χ4n) is 4.33. The van der Waals surface area contributed by atoms with E-state index in [-0.39, 0.29) is 5.91 Å². The molecule has 1 fully saturated rings. The zero-order valence-corrected chi connectivity index (χ0v) is 16.4. The molecular formula is C22H29N3O2. The first-order chi connectivity index (χ1) is 13.1. The standard InChI is InChI=1S/C22H29N3O2/c1-23(2)13-17-9-12-25(14-17)22(26)21-8-7-20(27-21)16-24-11-10-18-5-3-4-6-19(18)15-24/h3-8,17H,9-16H2,1-2H3. The van der Waals surface area contributed by atoms with Crippen LogP contribution in [0.3, 0.4) is 0 Å². The van der Waals surface area contributed by atoms with Gasteiger partial charge in [0.25, 0.3) is 5.91 Å². The second kappa shape index (κ2) is 7.87. The average molecular weight is 367 g/mol. The van der Waals surface area contributed by atoms with Crippen molar-refractivity contribution >= 4 is 5.91 Å². The van der Waals surface area contributed by atoms with E-state index >= 15 is 0 Å². The van der Waals surface area contributed by atoms with E-state index in [4.69, 9.17) is 4.42 Å². The Hall–Kier alpha value is -2.11. The zero-order chi connectivity index (χ0) is 18.8. The number of hydrogen-bond donors (Lipinski definition) is 0. The molecule has 1 amide bonds. The molecule has 1 atom stereocenters. The summed E-state index contributed by atoms with van der Waals surface area (Å²) >= 11 is 0. The first-order valence-corrected chi connectivity index (χ1v) is 9.90. The van der Waals surface area contributed by atoms with Crippen LogP contribution in [0.5, 0.6) is 0 Å². The molecule has 5 nitrogen and oxygen atoms in total. The topological polar surface area (TPSA) is 39.9 Å². The summed E-state index contributed by atoms with van der Waals surface area (Å²) in [5.41, 5.74) is 2.85. The number of carbonyl (C=O) groups is 1. The summed E-state index contributed by atoms with van der Waals surface area (Å²) < 4.78 is 5.92. The van der Waals surface area contributed by atoms with Gasteiger partial charge in [0.1, 0.15) is 5.76 Å². The SMILES string of the molecule is CN(C)CC1CCN(C(=O)c2ccc(CN3CCc4ccccc4C3)o2)C1. The van der Waals surface area contributed by atoms with Crippen molar-refractivity contribution in [3.8, 4) is 0 Å². The van der Waals surface area contributed by atoms with Crippen molar-refractivity contribution in [3.05, 3.63) is 59.0 Å². The third-order valence-corrected chi connectivity index (χ3v) is 5.66. The maximum Gasteiger partial charge on any atom is 0.289 e. The minimum absolute atomic E-state index is 0.0338. The van der Waals surface area contributed by atoms with Crippen LogP contribution in [0.4, 0.5) is 0 Å². The maximum atomic E-state index is 12.8. The number of amides is 1. The molecule has 0 aliphatic carbocycles. The Morgan fingerprint density at radius 2 is 1.96 bits per heavy atom. The molecule has 2 aliphatic rings. The summed E-state index contributed by atoms with van der Waals surface area (Å²) in [5, 5.41) is 0. The third-order valence-electron chi connectivity index (χ3n) is 5.66. The van der Waals surface area contributed by atoms with Crippen LogP contribution < -0.4 is 0 Å². The number of rotatable bonds is 5. The summed E-state index contributed by atoms with van der Waals surface area (Å²) in [4.78, 5) is 19.3. The normalized spacial score (nSPS) is 20.3. The van der Waals surface area contributed by atoms with E-state index in [9.17, 15) is 4.79 Å². The predicted molar refractivity (Wildman–Crippen MR) is 106 cm³/mol. The van der Waals surface area contributed by atoms with E-state index in [1.54, 1.807) is 0 Å². The second-order valence-corrected chi connectivity index (χ2v) is 8.16. The molecule has 5 heteroatoms. The van der Waals surface area contributed by atoms with Crippen LogP contribution in [0.1, 0.15) is 33.9 Å². The highest BCUT2D eigenvalue weighted by Gasteiger charge is 2.29. The van der Waals surface area contributed by atoms with E-state index in [2.05, 4.69) is 48.2 Å². The Balaban J connectivity index is 1.34. The predicted octanol–water partition coefficient (Wildman–Crippen LogP) is 2.86. The lowest BCUT2D eigenvalue weighted by atomic mass is 10.00. The summed E-state index contributed by atoms with van der Waals surface area (Å²) in [6.07, 6.45) is 2.15. The lowest BCUT2D eigenvalue weighted by Gasteiger charge is -2.27. The lowest BCUT2D eigenvalue weighted by molar-refractivity contribution is 0.0749. The van der Waals surface area contributed by atoms with Crippen molar-refractivity contribution in [2.75, 3.05) is 40.3 Å². The van der Waals surface area contributed by atoms with Gasteiger partial charge in [-0.1, -0.05) is 24.3 Å². The van der Waals surface area contributed by atoms with Gasteiger partial charge in [0.05, 0.1) is 6.54 Å². The number of fused-ring (bicyclic) bond motifs is 1. The molecule has 1 aromatic carbocycles. The highest BCUT2D eigenvalue weighted by Crippen LogP contribution is 2.23. The monoisotopic (exact) mass is 367 g/mol. The van der Waals surface area contributed by atoms with Gasteiger partial charge in [-0.3, -0.25) is 9.69 Å². The molecule has 0 bridgehead atoms. The van der Waals surface area contributed by atoms with E-state index in [1.165, 1.54) is 11.1 Å². The van der Waals surface area contributed by atoms with Crippen molar-refractivity contribution < 1.29 is 9.21 Å². The Bertz CT molecular complexity index is 798. The Kier molecular flexibility index (Phi) is 5.32. The van der Waals surface area contributed by atoms with Crippen molar-refractivity contribution in [2.24, 2.45) is 5.92 Å². The first-order valence-electron chi connectivity index (χ1n) is 9.90. The lowest BCUT2D eigenvalue weighted by Crippen LogP contribution is -2.30. The minimum Gasteiger partial charge on any atom is -0.455 e. The van der Waals surface area contributed by atoms with Gasteiger partial charge >= 0.3 is 0 Å². The van der Waals surface area contributed by atoms with Gasteiger partial charge in [-0.25, -0.2) is 0 Å². The average Bonchev–Trinajstić information content (AvgIpc) is 3.30. The molecule has 27 heavy (non-hydrogen) atoms. The highest BCUT2D eigenvalue weighted by molar-refractivity contribution is 5.91. The van der Waals surface area contributed by atoms with Crippen molar-refractivity contribution in [2.45, 2.75) is 25.9 Å². The number of carbonyl (C=O) groups excluding carboxylic acids is 1. The molecule has 4 rings (SSSR count). The van der Waals surface area contributed by atoms with Crippen LogP contribution in [0, 0.1) is 5.92 Å². The fourth-order valence-corrected chi connectivity index (χ4v) is 4.33. The van der Waals surface area contributed by atoms with Gasteiger partial charge in [-0.05, 0) is 56.1 Å². The molecular weight excluding hydrogens is 338 g/mol. The van der Waals surface area contributed by atoms with Gasteiger partial charge in [0.15, 0.2) is 5.76 Å². The Morgan fingerprint density at radius 3 is 2.78 bits per heavy atom. The minimum atomic E-state index is 0.0338. The Labute approximate surface area is 161 Å². The number of likely N-dealkylation sites (tertiary alicyclic amines) is 1. The molecule has 0 saturated carbocycles. The molecule has 1 unspecified atom stereocenters. The zero-order valence-electron chi connectivity index (χ0n) is 16.4. The summed E-state index contributed by atoms with van der Waals surface area (Å²) in [5.74, 6) is 1.95. The molecule has 1 aromatic heterocycles. The molecule has 2 aromatic rings. The van der Waals surface area contributed by atoms with E-state index < -0.39 is 0 Å². The van der Waals surface area contributed by atoms with E-state index in [0.29, 0.717) is 11.7 Å². The summed E-state index contributed by atoms with van der Waals surface area (Å²) in [6, 6.07) is 12.4. The van der Waals surface area contributed by atoms with Gasteiger partial charge in [-0.2, -0.15) is 0 Å². The second-order valence-electron chi connectivity index (χ2n) is 8.16. The number of furan rings is 1. The van der Waals surface area contributed by atoms with Crippen LogP contribution in [-0.2, 0) is 19.5 Å². The quantitative estimate of drug-likeness (QED) is 0.815. The van der Waals surface area contributed by atoms with Crippen LogP contribution in [0.15, 0.2) is 40.8 Å². The molecule has 3 heterocycles. The third kappa shape index (κ3) is 4.25. The van der Waals surface area contributed by atoms with Crippen LogP contribution >= 0.6 is 0 Å². The molecule has 0 spiro atoms. The molecule has 144 valence electrons. The van der Waals surface area contributed by atoms with Gasteiger partial charge in [0, 0.05) is 32.7 Å². The number of benzene rings is 1. The smallest absolute Gasteiger partial charge is 0.289 e. The highest BCUT2D eigenvalue weighted by atomic mass is 16.4. The van der Waals surface area contributed by atoms with Gasteiger partial charge < -0.3 is 14.2 Å². The van der Waals surface area contributed by atoms with Crippen LogP contribution in [0.2, 0.25) is 0 Å².